The Morgan fingerprint density at radius 2 is 1.75 bits per heavy atom. The van der Waals surface area contributed by atoms with Gasteiger partial charge in [-0.25, -0.2) is 9.18 Å². The summed E-state index contributed by atoms with van der Waals surface area (Å²) < 4.78 is 26.2. The lowest BCUT2D eigenvalue weighted by molar-refractivity contribution is -0.0728. The second kappa shape index (κ2) is 10.3. The maximum Gasteiger partial charge on any atom is 0.322 e. The van der Waals surface area contributed by atoms with E-state index in [2.05, 4.69) is 24.1 Å². The maximum atomic E-state index is 14.5. The molecule has 7 heteroatoms. The molecule has 32 heavy (non-hydrogen) atoms. The standard InChI is InChI=1S/C25H32FN3O3/c1-18-15-28(16-19(2)31-18)17-20-11-13-29(14-12-20)25(30)27-24-22(26)9-6-10-23(24)32-21-7-4-3-5-8-21/h3-10,18-20H,11-17H2,1-2H3,(H,27,30). The van der Waals surface area contributed by atoms with Crippen LogP contribution in [0.25, 0.3) is 0 Å². The van der Waals surface area contributed by atoms with Gasteiger partial charge in [0.15, 0.2) is 11.6 Å². The van der Waals surface area contributed by atoms with Crippen LogP contribution < -0.4 is 10.1 Å². The van der Waals surface area contributed by atoms with Gasteiger partial charge in [0.05, 0.1) is 12.2 Å². The first-order valence-corrected chi connectivity index (χ1v) is 11.4. The molecule has 2 aliphatic rings. The molecule has 2 aromatic carbocycles. The van der Waals surface area contributed by atoms with E-state index in [0.29, 0.717) is 24.8 Å². The van der Waals surface area contributed by atoms with Gasteiger partial charge >= 0.3 is 6.03 Å². The zero-order valence-corrected chi connectivity index (χ0v) is 18.8. The molecule has 0 bridgehead atoms. The van der Waals surface area contributed by atoms with E-state index in [1.807, 2.05) is 18.2 Å². The SMILES string of the molecule is CC1CN(CC2CCN(C(=O)Nc3c(F)cccc3Oc3ccccc3)CC2)CC(C)O1. The summed E-state index contributed by atoms with van der Waals surface area (Å²) in [5.74, 6) is 0.912. The van der Waals surface area contributed by atoms with Gasteiger partial charge in [0.1, 0.15) is 11.4 Å². The summed E-state index contributed by atoms with van der Waals surface area (Å²) in [7, 11) is 0. The smallest absolute Gasteiger partial charge is 0.322 e. The molecule has 0 saturated carbocycles. The first-order valence-electron chi connectivity index (χ1n) is 11.4. The minimum absolute atomic E-state index is 0.0692. The number of nitrogens with one attached hydrogen (secondary N) is 1. The van der Waals surface area contributed by atoms with Crippen LogP contribution in [0.15, 0.2) is 48.5 Å². The molecule has 2 amide bonds. The molecule has 2 heterocycles. The summed E-state index contributed by atoms with van der Waals surface area (Å²) in [6, 6.07) is 13.4. The topological polar surface area (TPSA) is 54.0 Å². The number of amides is 2. The van der Waals surface area contributed by atoms with Crippen molar-refractivity contribution in [1.29, 1.82) is 0 Å². The lowest BCUT2D eigenvalue weighted by atomic mass is 9.96. The number of carbonyl (C=O) groups is 1. The molecule has 4 rings (SSSR count). The third-order valence-electron chi connectivity index (χ3n) is 6.09. The number of anilines is 1. The molecule has 2 fully saturated rings. The molecule has 0 aromatic heterocycles. The highest BCUT2D eigenvalue weighted by Crippen LogP contribution is 2.32. The molecule has 0 aliphatic carbocycles. The van der Waals surface area contributed by atoms with Gasteiger partial charge in [-0.3, -0.25) is 4.90 Å². The van der Waals surface area contributed by atoms with Crippen molar-refractivity contribution in [3.63, 3.8) is 0 Å². The first-order chi connectivity index (χ1) is 15.5. The molecule has 2 aliphatic heterocycles. The number of carbonyl (C=O) groups excluding carboxylic acids is 1. The van der Waals surface area contributed by atoms with E-state index in [4.69, 9.17) is 9.47 Å². The molecule has 2 aromatic rings. The van der Waals surface area contributed by atoms with Crippen molar-refractivity contribution in [2.24, 2.45) is 5.92 Å². The molecule has 6 nitrogen and oxygen atoms in total. The summed E-state index contributed by atoms with van der Waals surface area (Å²) >= 11 is 0. The zero-order valence-electron chi connectivity index (χ0n) is 18.8. The van der Waals surface area contributed by atoms with Crippen LogP contribution in [-0.2, 0) is 4.74 Å². The second-order valence-corrected chi connectivity index (χ2v) is 8.86. The van der Waals surface area contributed by atoms with E-state index >= 15 is 0 Å². The van der Waals surface area contributed by atoms with Crippen molar-refractivity contribution < 1.29 is 18.7 Å². The summed E-state index contributed by atoms with van der Waals surface area (Å²) in [4.78, 5) is 17.1. The number of hydrogen-bond donors (Lipinski definition) is 1. The predicted molar refractivity (Wildman–Crippen MR) is 123 cm³/mol. The third-order valence-corrected chi connectivity index (χ3v) is 6.09. The van der Waals surface area contributed by atoms with Crippen molar-refractivity contribution in [1.82, 2.24) is 9.80 Å². The number of morpholine rings is 1. The fourth-order valence-corrected chi connectivity index (χ4v) is 4.63. The van der Waals surface area contributed by atoms with E-state index < -0.39 is 5.82 Å². The Hall–Kier alpha value is -2.64. The van der Waals surface area contributed by atoms with Crippen molar-refractivity contribution in [3.05, 3.63) is 54.3 Å². The van der Waals surface area contributed by atoms with Crippen molar-refractivity contribution in [2.75, 3.05) is 38.0 Å². The Labute approximate surface area is 189 Å². The van der Waals surface area contributed by atoms with Gasteiger partial charge < -0.3 is 19.7 Å². The fourth-order valence-electron chi connectivity index (χ4n) is 4.63. The second-order valence-electron chi connectivity index (χ2n) is 8.86. The van der Waals surface area contributed by atoms with Crippen LogP contribution in [0, 0.1) is 11.7 Å². The van der Waals surface area contributed by atoms with Gasteiger partial charge in [-0.15, -0.1) is 0 Å². The average molecular weight is 442 g/mol. The van der Waals surface area contributed by atoms with Crippen molar-refractivity contribution in [2.45, 2.75) is 38.9 Å². The molecule has 2 unspecified atom stereocenters. The molecular weight excluding hydrogens is 409 g/mol. The van der Waals surface area contributed by atoms with Gasteiger partial charge in [0, 0.05) is 32.7 Å². The number of piperidine rings is 1. The van der Waals surface area contributed by atoms with Gasteiger partial charge in [0.25, 0.3) is 0 Å². The van der Waals surface area contributed by atoms with Crippen molar-refractivity contribution in [3.8, 4) is 11.5 Å². The average Bonchev–Trinajstić information content (AvgIpc) is 2.76. The van der Waals surface area contributed by atoms with Crippen LogP contribution in [0.5, 0.6) is 11.5 Å². The normalized spacial score (nSPS) is 22.5. The van der Waals surface area contributed by atoms with Gasteiger partial charge in [0.2, 0.25) is 0 Å². The summed E-state index contributed by atoms with van der Waals surface area (Å²) in [5.41, 5.74) is 0.0692. The van der Waals surface area contributed by atoms with Gasteiger partial charge in [-0.05, 0) is 56.9 Å². The third kappa shape index (κ3) is 5.78. The van der Waals surface area contributed by atoms with Gasteiger partial charge in [-0.2, -0.15) is 0 Å². The Morgan fingerprint density at radius 1 is 1.06 bits per heavy atom. The number of hydrogen-bond acceptors (Lipinski definition) is 4. The molecule has 0 spiro atoms. The monoisotopic (exact) mass is 441 g/mol. The van der Waals surface area contributed by atoms with E-state index in [-0.39, 0.29) is 29.7 Å². The molecule has 1 N–H and O–H groups in total. The van der Waals surface area contributed by atoms with Gasteiger partial charge in [-0.1, -0.05) is 24.3 Å². The summed E-state index contributed by atoms with van der Waals surface area (Å²) in [6.07, 6.45) is 2.41. The van der Waals surface area contributed by atoms with Crippen LogP contribution in [-0.4, -0.2) is 60.8 Å². The fraction of sp³-hybridized carbons (Fsp3) is 0.480. The lowest BCUT2D eigenvalue weighted by Crippen LogP contribution is -2.49. The Bertz CT molecular complexity index is 893. The zero-order chi connectivity index (χ0) is 22.5. The highest BCUT2D eigenvalue weighted by Gasteiger charge is 2.28. The number of para-hydroxylation sites is 2. The van der Waals surface area contributed by atoms with Crippen LogP contribution in [0.3, 0.4) is 0 Å². The van der Waals surface area contributed by atoms with Crippen molar-refractivity contribution >= 4 is 11.7 Å². The Balaban J connectivity index is 1.32. The maximum absolute atomic E-state index is 14.5. The Kier molecular flexibility index (Phi) is 7.27. The number of benzene rings is 2. The lowest BCUT2D eigenvalue weighted by Gasteiger charge is -2.39. The summed E-state index contributed by atoms with van der Waals surface area (Å²) in [6.45, 7) is 8.52. The summed E-state index contributed by atoms with van der Waals surface area (Å²) in [5, 5.41) is 2.74. The van der Waals surface area contributed by atoms with Crippen LogP contribution in [0.1, 0.15) is 26.7 Å². The predicted octanol–water partition coefficient (Wildman–Crippen LogP) is 4.97. The largest absolute Gasteiger partial charge is 0.455 e. The van der Waals surface area contributed by atoms with E-state index in [0.717, 1.165) is 32.5 Å². The minimum atomic E-state index is -0.516. The molecule has 2 saturated heterocycles. The number of urea groups is 1. The molecule has 172 valence electrons. The van der Waals surface area contributed by atoms with Crippen LogP contribution in [0.4, 0.5) is 14.9 Å². The number of rotatable bonds is 5. The number of halogens is 1. The highest BCUT2D eigenvalue weighted by molar-refractivity contribution is 5.91. The van der Waals surface area contributed by atoms with Crippen LogP contribution >= 0.6 is 0 Å². The first kappa shape index (κ1) is 22.6. The quantitative estimate of drug-likeness (QED) is 0.712. The minimum Gasteiger partial charge on any atom is -0.455 e. The Morgan fingerprint density at radius 3 is 2.44 bits per heavy atom. The van der Waals surface area contributed by atoms with Crippen LogP contribution in [0.2, 0.25) is 0 Å². The molecular formula is C25H32FN3O3. The van der Waals surface area contributed by atoms with E-state index in [1.54, 1.807) is 29.2 Å². The number of likely N-dealkylation sites (tertiary alicyclic amines) is 1. The number of nitrogens with zero attached hydrogens (tertiary/aromatic N) is 2. The van der Waals surface area contributed by atoms with E-state index in [9.17, 15) is 9.18 Å². The van der Waals surface area contributed by atoms with E-state index in [1.165, 1.54) is 6.07 Å². The molecule has 2 atom stereocenters. The molecule has 0 radical (unpaired) electrons. The number of ether oxygens (including phenoxy) is 2. The highest BCUT2D eigenvalue weighted by atomic mass is 19.1.